The third-order valence-corrected chi connectivity index (χ3v) is 2.65. The van der Waals surface area contributed by atoms with Crippen LogP contribution < -0.4 is 0 Å². The Morgan fingerprint density at radius 2 is 2.20 bits per heavy atom. The molecule has 0 aromatic rings. The van der Waals surface area contributed by atoms with Crippen LogP contribution in [0.4, 0.5) is 0 Å². The van der Waals surface area contributed by atoms with Crippen LogP contribution in [-0.2, 0) is 4.79 Å². The van der Waals surface area contributed by atoms with Gasteiger partial charge >= 0.3 is 5.97 Å². The van der Waals surface area contributed by atoms with Gasteiger partial charge in [-0.05, 0) is 19.3 Å². The Morgan fingerprint density at radius 1 is 1.40 bits per heavy atom. The quantitative estimate of drug-likeness (QED) is 0.571. The lowest BCUT2D eigenvalue weighted by atomic mass is 10.1. The summed E-state index contributed by atoms with van der Waals surface area (Å²) in [5.74, 6) is -0.637. The van der Waals surface area contributed by atoms with Gasteiger partial charge in [-0.1, -0.05) is 0 Å². The summed E-state index contributed by atoms with van der Waals surface area (Å²) < 4.78 is 0. The Kier molecular flexibility index (Phi) is 1.20. The molecule has 2 fully saturated rings. The molecular weight excluding hydrogens is 130 g/mol. The minimum absolute atomic E-state index is 0.154. The van der Waals surface area contributed by atoms with Crippen LogP contribution in [0.15, 0.2) is 0 Å². The third kappa shape index (κ3) is 0.669. The molecule has 2 heterocycles. The summed E-state index contributed by atoms with van der Waals surface area (Å²) >= 11 is 0. The highest BCUT2D eigenvalue weighted by molar-refractivity contribution is 5.74. The zero-order valence-corrected chi connectivity index (χ0v) is 5.79. The fraction of sp³-hybridized carbons (Fsp3) is 0.857. The van der Waals surface area contributed by atoms with Gasteiger partial charge in [0, 0.05) is 12.6 Å². The number of hydrogen-bond acceptors (Lipinski definition) is 2. The van der Waals surface area contributed by atoms with Crippen molar-refractivity contribution in [3.63, 3.8) is 0 Å². The maximum Gasteiger partial charge on any atom is 0.320 e. The summed E-state index contributed by atoms with van der Waals surface area (Å²) in [7, 11) is 0. The predicted molar refractivity (Wildman–Crippen MR) is 35.8 cm³/mol. The van der Waals surface area contributed by atoms with Crippen LogP contribution in [0.1, 0.15) is 19.3 Å². The molecule has 56 valence electrons. The minimum atomic E-state index is -0.637. The second-order valence-electron chi connectivity index (χ2n) is 3.11. The molecule has 0 bridgehead atoms. The molecule has 3 heteroatoms. The molecule has 0 saturated carbocycles. The van der Waals surface area contributed by atoms with Gasteiger partial charge in [0.25, 0.3) is 0 Å². The van der Waals surface area contributed by atoms with E-state index in [4.69, 9.17) is 5.11 Å². The van der Waals surface area contributed by atoms with E-state index in [9.17, 15) is 4.79 Å². The maximum atomic E-state index is 10.5. The van der Waals surface area contributed by atoms with Gasteiger partial charge in [0.1, 0.15) is 6.04 Å². The Morgan fingerprint density at radius 3 is 2.50 bits per heavy atom. The number of hydrogen-bond donors (Lipinski definition) is 1. The monoisotopic (exact) mass is 141 g/mol. The van der Waals surface area contributed by atoms with Crippen molar-refractivity contribution in [2.75, 3.05) is 6.54 Å². The molecule has 2 saturated heterocycles. The maximum absolute atomic E-state index is 10.5. The molecule has 0 aromatic carbocycles. The van der Waals surface area contributed by atoms with Gasteiger partial charge in [0.2, 0.25) is 0 Å². The summed E-state index contributed by atoms with van der Waals surface area (Å²) in [5.41, 5.74) is 0. The van der Waals surface area contributed by atoms with Crippen molar-refractivity contribution in [1.29, 1.82) is 0 Å². The van der Waals surface area contributed by atoms with Crippen LogP contribution in [0.3, 0.4) is 0 Å². The van der Waals surface area contributed by atoms with Gasteiger partial charge in [0.15, 0.2) is 0 Å². The van der Waals surface area contributed by atoms with Crippen molar-refractivity contribution in [3.05, 3.63) is 0 Å². The Bertz CT molecular complexity index is 169. The highest BCUT2D eigenvalue weighted by atomic mass is 16.4. The Labute approximate surface area is 59.6 Å². The molecule has 3 nitrogen and oxygen atoms in total. The van der Waals surface area contributed by atoms with Crippen molar-refractivity contribution >= 4 is 5.97 Å². The Hall–Kier alpha value is -0.570. The number of carboxylic acids is 1. The van der Waals surface area contributed by atoms with E-state index in [2.05, 4.69) is 4.90 Å². The van der Waals surface area contributed by atoms with E-state index in [1.165, 1.54) is 6.42 Å². The zero-order valence-electron chi connectivity index (χ0n) is 5.79. The normalized spacial score (nSPS) is 38.8. The molecule has 0 amide bonds. The summed E-state index contributed by atoms with van der Waals surface area (Å²) in [6.45, 7) is 1.00. The SMILES string of the molecule is O=C(O)[C@H]1CCC2CCN21. The van der Waals surface area contributed by atoms with Crippen molar-refractivity contribution < 1.29 is 9.90 Å². The van der Waals surface area contributed by atoms with E-state index < -0.39 is 5.97 Å². The van der Waals surface area contributed by atoms with Gasteiger partial charge in [-0.15, -0.1) is 0 Å². The van der Waals surface area contributed by atoms with Crippen molar-refractivity contribution in [3.8, 4) is 0 Å². The molecule has 1 unspecified atom stereocenters. The van der Waals surface area contributed by atoms with E-state index in [0.717, 1.165) is 19.4 Å². The number of carbonyl (C=O) groups is 1. The second kappa shape index (κ2) is 1.95. The fourth-order valence-electron chi connectivity index (χ4n) is 1.96. The average Bonchev–Trinajstić information content (AvgIpc) is 2.07. The first-order chi connectivity index (χ1) is 4.79. The summed E-state index contributed by atoms with van der Waals surface area (Å²) in [6.07, 6.45) is 3.17. The van der Waals surface area contributed by atoms with E-state index in [0.29, 0.717) is 6.04 Å². The number of carboxylic acid groups (broad SMARTS) is 1. The summed E-state index contributed by atoms with van der Waals surface area (Å²) in [6, 6.07) is 0.458. The number of nitrogens with zero attached hydrogens (tertiary/aromatic N) is 1. The molecule has 2 atom stereocenters. The van der Waals surface area contributed by atoms with E-state index in [1.54, 1.807) is 0 Å². The smallest absolute Gasteiger partial charge is 0.320 e. The Balaban J connectivity index is 2.05. The molecule has 0 aromatic heterocycles. The molecule has 0 spiro atoms. The first-order valence-corrected chi connectivity index (χ1v) is 3.77. The van der Waals surface area contributed by atoms with Crippen LogP contribution in [-0.4, -0.2) is 34.6 Å². The van der Waals surface area contributed by atoms with Crippen LogP contribution in [0.5, 0.6) is 0 Å². The standard InChI is InChI=1S/C7H11NO2/c9-7(10)6-2-1-5-3-4-8(5)6/h5-6H,1-4H2,(H,9,10)/t5?,6-/m1/s1. The van der Waals surface area contributed by atoms with Gasteiger partial charge in [-0.2, -0.15) is 0 Å². The van der Waals surface area contributed by atoms with Gasteiger partial charge < -0.3 is 5.11 Å². The van der Waals surface area contributed by atoms with Crippen LogP contribution in [0, 0.1) is 0 Å². The first-order valence-electron chi connectivity index (χ1n) is 3.77. The van der Waals surface area contributed by atoms with Gasteiger partial charge in [-0.25, -0.2) is 0 Å². The minimum Gasteiger partial charge on any atom is -0.480 e. The lowest BCUT2D eigenvalue weighted by molar-refractivity contribution is -0.144. The number of fused-ring (bicyclic) bond motifs is 1. The third-order valence-electron chi connectivity index (χ3n) is 2.65. The van der Waals surface area contributed by atoms with Crippen molar-refractivity contribution in [1.82, 2.24) is 4.90 Å². The van der Waals surface area contributed by atoms with Crippen LogP contribution in [0.2, 0.25) is 0 Å². The highest BCUT2D eigenvalue weighted by Crippen LogP contribution is 2.33. The molecule has 10 heavy (non-hydrogen) atoms. The first kappa shape index (κ1) is 6.16. The zero-order chi connectivity index (χ0) is 7.14. The highest BCUT2D eigenvalue weighted by Gasteiger charge is 2.42. The number of rotatable bonds is 1. The largest absolute Gasteiger partial charge is 0.480 e. The average molecular weight is 141 g/mol. The van der Waals surface area contributed by atoms with Crippen molar-refractivity contribution in [2.24, 2.45) is 0 Å². The lowest BCUT2D eigenvalue weighted by Gasteiger charge is -2.37. The van der Waals surface area contributed by atoms with E-state index >= 15 is 0 Å². The lowest BCUT2D eigenvalue weighted by Crippen LogP contribution is -2.49. The number of aliphatic carboxylic acids is 1. The van der Waals surface area contributed by atoms with E-state index in [1.807, 2.05) is 0 Å². The molecule has 1 N–H and O–H groups in total. The molecule has 0 aliphatic carbocycles. The molecule has 0 radical (unpaired) electrons. The van der Waals surface area contributed by atoms with Crippen molar-refractivity contribution in [2.45, 2.75) is 31.3 Å². The van der Waals surface area contributed by atoms with Gasteiger partial charge in [-0.3, -0.25) is 9.69 Å². The molecule has 2 aliphatic rings. The molecular formula is C7H11NO2. The molecule has 2 rings (SSSR count). The predicted octanol–water partition coefficient (Wildman–Crippen LogP) is 0.308. The summed E-state index contributed by atoms with van der Waals surface area (Å²) in [4.78, 5) is 12.6. The van der Waals surface area contributed by atoms with Gasteiger partial charge in [0.05, 0.1) is 0 Å². The topological polar surface area (TPSA) is 40.5 Å². The van der Waals surface area contributed by atoms with Crippen LogP contribution in [0.25, 0.3) is 0 Å². The second-order valence-corrected chi connectivity index (χ2v) is 3.11. The molecule has 2 aliphatic heterocycles. The van der Waals surface area contributed by atoms with E-state index in [-0.39, 0.29) is 6.04 Å². The van der Waals surface area contributed by atoms with Crippen LogP contribution >= 0.6 is 0 Å². The summed E-state index contributed by atoms with van der Waals surface area (Å²) in [5, 5.41) is 8.69. The fourth-order valence-corrected chi connectivity index (χ4v) is 1.96.